The van der Waals surface area contributed by atoms with Gasteiger partial charge in [-0.2, -0.15) is 0 Å². The second-order valence-electron chi connectivity index (χ2n) is 3.59. The first-order valence-electron chi connectivity index (χ1n) is 5.02. The number of nitrogens with zero attached hydrogens (tertiary/aromatic N) is 1. The molecule has 0 saturated carbocycles. The van der Waals surface area contributed by atoms with Gasteiger partial charge in [0.15, 0.2) is 0 Å². The standard InChI is InChI=1S/C11H17BrN2O/c1-8(6-7-15-3)13-10-4-5-11(12)14-9(10)2/h4-5,8,13H,6-7H2,1-3H3. The Labute approximate surface area is 99.4 Å². The molecule has 0 spiro atoms. The van der Waals surface area contributed by atoms with Crippen LogP contribution in [-0.4, -0.2) is 24.7 Å². The minimum atomic E-state index is 0.395. The summed E-state index contributed by atoms with van der Waals surface area (Å²) in [6.07, 6.45) is 0.992. The van der Waals surface area contributed by atoms with E-state index < -0.39 is 0 Å². The molecule has 1 aromatic heterocycles. The molecule has 0 amide bonds. The molecule has 0 aliphatic carbocycles. The summed E-state index contributed by atoms with van der Waals surface area (Å²) in [5.74, 6) is 0. The molecule has 84 valence electrons. The molecule has 1 rings (SSSR count). The fourth-order valence-electron chi connectivity index (χ4n) is 1.32. The van der Waals surface area contributed by atoms with E-state index in [0.717, 1.165) is 29.0 Å². The average Bonchev–Trinajstić information content (AvgIpc) is 2.19. The monoisotopic (exact) mass is 272 g/mol. The topological polar surface area (TPSA) is 34.1 Å². The van der Waals surface area contributed by atoms with Gasteiger partial charge >= 0.3 is 0 Å². The van der Waals surface area contributed by atoms with Gasteiger partial charge in [-0.15, -0.1) is 0 Å². The zero-order chi connectivity index (χ0) is 11.3. The first-order chi connectivity index (χ1) is 7.13. The Morgan fingerprint density at radius 2 is 2.27 bits per heavy atom. The van der Waals surface area contributed by atoms with Crippen LogP contribution in [0.3, 0.4) is 0 Å². The van der Waals surface area contributed by atoms with E-state index >= 15 is 0 Å². The van der Waals surface area contributed by atoms with E-state index in [1.54, 1.807) is 7.11 Å². The van der Waals surface area contributed by atoms with E-state index in [2.05, 4.69) is 33.2 Å². The van der Waals surface area contributed by atoms with Crippen LogP contribution in [0.5, 0.6) is 0 Å². The van der Waals surface area contributed by atoms with Crippen LogP contribution in [-0.2, 0) is 4.74 Å². The summed E-state index contributed by atoms with van der Waals surface area (Å²) in [4.78, 5) is 4.33. The minimum Gasteiger partial charge on any atom is -0.385 e. The van der Waals surface area contributed by atoms with Crippen LogP contribution in [0, 0.1) is 6.92 Å². The van der Waals surface area contributed by atoms with Gasteiger partial charge in [0.05, 0.1) is 11.4 Å². The number of pyridine rings is 1. The van der Waals surface area contributed by atoms with Gasteiger partial charge < -0.3 is 10.1 Å². The third-order valence-electron chi connectivity index (χ3n) is 2.21. The lowest BCUT2D eigenvalue weighted by molar-refractivity contribution is 0.191. The number of halogens is 1. The number of methoxy groups -OCH3 is 1. The van der Waals surface area contributed by atoms with Crippen LogP contribution in [0.15, 0.2) is 16.7 Å². The number of anilines is 1. The van der Waals surface area contributed by atoms with Crippen molar-refractivity contribution < 1.29 is 4.74 Å². The van der Waals surface area contributed by atoms with Gasteiger partial charge in [-0.25, -0.2) is 4.98 Å². The first kappa shape index (κ1) is 12.5. The molecular formula is C11H17BrN2O. The van der Waals surface area contributed by atoms with Crippen LogP contribution >= 0.6 is 15.9 Å². The van der Waals surface area contributed by atoms with Crippen LogP contribution in [0.25, 0.3) is 0 Å². The van der Waals surface area contributed by atoms with E-state index in [1.165, 1.54) is 0 Å². The van der Waals surface area contributed by atoms with Crippen molar-refractivity contribution in [3.63, 3.8) is 0 Å². The number of rotatable bonds is 5. The Morgan fingerprint density at radius 3 is 2.87 bits per heavy atom. The van der Waals surface area contributed by atoms with E-state index in [-0.39, 0.29) is 0 Å². The van der Waals surface area contributed by atoms with Gasteiger partial charge in [-0.05, 0) is 48.3 Å². The van der Waals surface area contributed by atoms with Gasteiger partial charge in [-0.3, -0.25) is 0 Å². The maximum Gasteiger partial charge on any atom is 0.106 e. The van der Waals surface area contributed by atoms with Crippen LogP contribution < -0.4 is 5.32 Å². The molecule has 1 unspecified atom stereocenters. The number of hydrogen-bond acceptors (Lipinski definition) is 3. The van der Waals surface area contributed by atoms with Gasteiger partial charge in [0.2, 0.25) is 0 Å². The second-order valence-corrected chi connectivity index (χ2v) is 4.41. The molecule has 1 atom stereocenters. The molecule has 1 heterocycles. The molecule has 3 nitrogen and oxygen atoms in total. The predicted molar refractivity (Wildman–Crippen MR) is 66.3 cm³/mol. The third-order valence-corrected chi connectivity index (χ3v) is 2.65. The van der Waals surface area contributed by atoms with Crippen molar-refractivity contribution in [2.45, 2.75) is 26.3 Å². The Kier molecular flexibility index (Phi) is 5.05. The lowest BCUT2D eigenvalue weighted by Gasteiger charge is -2.16. The predicted octanol–water partition coefficient (Wildman–Crippen LogP) is 2.99. The van der Waals surface area contributed by atoms with Crippen LogP contribution in [0.2, 0.25) is 0 Å². The second kappa shape index (κ2) is 6.08. The van der Waals surface area contributed by atoms with Crippen LogP contribution in [0.1, 0.15) is 19.0 Å². The Morgan fingerprint density at radius 1 is 1.53 bits per heavy atom. The lowest BCUT2D eigenvalue weighted by atomic mass is 10.2. The molecule has 15 heavy (non-hydrogen) atoms. The summed E-state index contributed by atoms with van der Waals surface area (Å²) in [7, 11) is 1.72. The average molecular weight is 273 g/mol. The van der Waals surface area contributed by atoms with Crippen molar-refractivity contribution in [2.75, 3.05) is 19.0 Å². The van der Waals surface area contributed by atoms with Crippen molar-refractivity contribution in [2.24, 2.45) is 0 Å². The lowest BCUT2D eigenvalue weighted by Crippen LogP contribution is -2.18. The van der Waals surface area contributed by atoms with Crippen molar-refractivity contribution >= 4 is 21.6 Å². The van der Waals surface area contributed by atoms with Crippen molar-refractivity contribution in [1.29, 1.82) is 0 Å². The molecule has 4 heteroatoms. The summed E-state index contributed by atoms with van der Waals surface area (Å²) in [5, 5.41) is 3.41. The number of aromatic nitrogens is 1. The molecule has 0 fully saturated rings. The SMILES string of the molecule is COCCC(C)Nc1ccc(Br)nc1C. The summed E-state index contributed by atoms with van der Waals surface area (Å²) >= 11 is 3.35. The normalized spacial score (nSPS) is 12.5. The van der Waals surface area contributed by atoms with Gasteiger partial charge in [0, 0.05) is 19.8 Å². The molecule has 1 aromatic rings. The van der Waals surface area contributed by atoms with E-state index in [0.29, 0.717) is 6.04 Å². The molecule has 0 saturated heterocycles. The Hall–Kier alpha value is -0.610. The molecule has 0 aliphatic rings. The number of aryl methyl sites for hydroxylation is 1. The van der Waals surface area contributed by atoms with Crippen LogP contribution in [0.4, 0.5) is 5.69 Å². The van der Waals surface area contributed by atoms with Crippen molar-refractivity contribution in [3.05, 3.63) is 22.4 Å². The summed E-state index contributed by atoms with van der Waals surface area (Å²) in [6.45, 7) is 4.91. The maximum absolute atomic E-state index is 5.04. The van der Waals surface area contributed by atoms with Crippen molar-refractivity contribution in [3.8, 4) is 0 Å². The van der Waals surface area contributed by atoms with Crippen molar-refractivity contribution in [1.82, 2.24) is 4.98 Å². The fraction of sp³-hybridized carbons (Fsp3) is 0.545. The molecule has 1 N–H and O–H groups in total. The fourth-order valence-corrected chi connectivity index (χ4v) is 1.71. The number of ether oxygens (including phenoxy) is 1. The molecule has 0 bridgehead atoms. The van der Waals surface area contributed by atoms with Gasteiger partial charge in [0.1, 0.15) is 4.60 Å². The summed E-state index contributed by atoms with van der Waals surface area (Å²) < 4.78 is 5.91. The highest BCUT2D eigenvalue weighted by Crippen LogP contribution is 2.17. The molecular weight excluding hydrogens is 256 g/mol. The van der Waals surface area contributed by atoms with Gasteiger partial charge in [-0.1, -0.05) is 0 Å². The smallest absolute Gasteiger partial charge is 0.106 e. The highest BCUT2D eigenvalue weighted by molar-refractivity contribution is 9.10. The molecule has 0 aliphatic heterocycles. The third kappa shape index (κ3) is 4.18. The largest absolute Gasteiger partial charge is 0.385 e. The molecule has 0 radical (unpaired) electrons. The first-order valence-corrected chi connectivity index (χ1v) is 5.81. The highest BCUT2D eigenvalue weighted by Gasteiger charge is 2.04. The highest BCUT2D eigenvalue weighted by atomic mass is 79.9. The zero-order valence-electron chi connectivity index (χ0n) is 9.38. The van der Waals surface area contributed by atoms with Gasteiger partial charge in [0.25, 0.3) is 0 Å². The number of nitrogens with one attached hydrogen (secondary N) is 1. The quantitative estimate of drug-likeness (QED) is 0.837. The summed E-state index contributed by atoms with van der Waals surface area (Å²) in [5.41, 5.74) is 2.09. The maximum atomic E-state index is 5.04. The zero-order valence-corrected chi connectivity index (χ0v) is 11.0. The number of hydrogen-bond donors (Lipinski definition) is 1. The van der Waals surface area contributed by atoms with E-state index in [9.17, 15) is 0 Å². The minimum absolute atomic E-state index is 0.395. The van der Waals surface area contributed by atoms with E-state index in [1.807, 2.05) is 19.1 Å². The Bertz CT molecular complexity index is 317. The van der Waals surface area contributed by atoms with E-state index in [4.69, 9.17) is 4.74 Å². The summed E-state index contributed by atoms with van der Waals surface area (Å²) in [6, 6.07) is 4.38. The Balaban J connectivity index is 2.56. The molecule has 0 aromatic carbocycles.